The Kier molecular flexibility index (Phi) is 6.74. The Bertz CT molecular complexity index is 1210. The van der Waals surface area contributed by atoms with Crippen LogP contribution < -0.4 is 14.5 Å². The van der Waals surface area contributed by atoms with Crippen LogP contribution in [0.1, 0.15) is 19.4 Å². The first-order valence-corrected chi connectivity index (χ1v) is 10.1. The average molecular weight is 448 g/mol. The minimum absolute atomic E-state index is 0.163. The van der Waals surface area contributed by atoms with E-state index < -0.39 is 21.2 Å². The average Bonchev–Trinajstić information content (AvgIpc) is 2.81. The topological polar surface area (TPSA) is 150 Å². The van der Waals surface area contributed by atoms with Gasteiger partial charge in [-0.25, -0.2) is 0 Å². The summed E-state index contributed by atoms with van der Waals surface area (Å²) in [6, 6.07) is 10.2. The lowest BCUT2D eigenvalue weighted by molar-refractivity contribution is -0.394. The molecule has 0 fully saturated rings. The number of non-ortho nitro benzene ring substituents is 1. The zero-order valence-electron chi connectivity index (χ0n) is 18.0. The number of rotatable bonds is 7. The van der Waals surface area contributed by atoms with Crippen molar-refractivity contribution in [3.63, 3.8) is 0 Å². The molecule has 0 aromatic heterocycles. The molecule has 1 heterocycles. The number of fused-ring (bicyclic) bond motifs is 1. The van der Waals surface area contributed by atoms with Crippen molar-refractivity contribution >= 4 is 28.8 Å². The molecule has 3 rings (SSSR count). The van der Waals surface area contributed by atoms with Gasteiger partial charge in [-0.3, -0.25) is 20.2 Å². The van der Waals surface area contributed by atoms with E-state index in [4.69, 9.17) is 4.74 Å². The maximum Gasteiger partial charge on any atom is 0.318 e. The van der Waals surface area contributed by atoms with E-state index in [9.17, 15) is 30.8 Å². The SMILES string of the molecule is CCN1CCN(CC)c2cc(Oc3ccc([N+](=O)[O-])cc3[N+](=O)[O-])c(C=C(C#N)C#N)cc21. The highest BCUT2D eigenvalue weighted by Crippen LogP contribution is 2.42. The normalized spacial score (nSPS) is 12.2. The Balaban J connectivity index is 2.21. The molecule has 0 N–H and O–H groups in total. The van der Waals surface area contributed by atoms with Crippen LogP contribution in [0.4, 0.5) is 22.7 Å². The van der Waals surface area contributed by atoms with Crippen molar-refractivity contribution in [1.82, 2.24) is 0 Å². The molecule has 0 saturated carbocycles. The van der Waals surface area contributed by atoms with Gasteiger partial charge in [0, 0.05) is 43.9 Å². The third-order valence-corrected chi connectivity index (χ3v) is 5.30. The highest BCUT2D eigenvalue weighted by atomic mass is 16.6. The van der Waals surface area contributed by atoms with Crippen molar-refractivity contribution < 1.29 is 14.6 Å². The van der Waals surface area contributed by atoms with Gasteiger partial charge >= 0.3 is 5.69 Å². The number of hydrogen-bond acceptors (Lipinski definition) is 9. The van der Waals surface area contributed by atoms with Crippen LogP contribution in [-0.4, -0.2) is 36.0 Å². The molecule has 0 aliphatic carbocycles. The molecule has 0 radical (unpaired) electrons. The van der Waals surface area contributed by atoms with Gasteiger partial charge in [-0.2, -0.15) is 10.5 Å². The van der Waals surface area contributed by atoms with Crippen LogP contribution in [0.5, 0.6) is 11.5 Å². The van der Waals surface area contributed by atoms with Crippen molar-refractivity contribution in [1.29, 1.82) is 10.5 Å². The van der Waals surface area contributed by atoms with Gasteiger partial charge in [-0.05, 0) is 32.1 Å². The number of allylic oxidation sites excluding steroid dienone is 1. The summed E-state index contributed by atoms with van der Waals surface area (Å²) in [5.41, 5.74) is 0.947. The number of nitro groups is 2. The third kappa shape index (κ3) is 4.67. The van der Waals surface area contributed by atoms with Gasteiger partial charge in [0.1, 0.15) is 23.5 Å². The Morgan fingerprint density at radius 1 is 1.00 bits per heavy atom. The summed E-state index contributed by atoms with van der Waals surface area (Å²) in [4.78, 5) is 25.4. The predicted octanol–water partition coefficient (Wildman–Crippen LogP) is 4.39. The Morgan fingerprint density at radius 2 is 1.61 bits per heavy atom. The molecule has 11 nitrogen and oxygen atoms in total. The Morgan fingerprint density at radius 3 is 2.12 bits per heavy atom. The second kappa shape index (κ2) is 9.66. The van der Waals surface area contributed by atoms with Gasteiger partial charge in [0.15, 0.2) is 0 Å². The number of hydrogen-bond donors (Lipinski definition) is 0. The monoisotopic (exact) mass is 448 g/mol. The first-order chi connectivity index (χ1) is 15.8. The standard InChI is InChI=1S/C22H20N6O5/c1-3-25-7-8-26(4-2)19-12-22(16(10-18(19)25)9-15(13-23)14-24)33-21-6-5-17(27(29)30)11-20(21)28(31)32/h5-6,9-12H,3-4,7-8H2,1-2H3. The largest absolute Gasteiger partial charge is 0.449 e. The van der Waals surface area contributed by atoms with E-state index in [0.29, 0.717) is 5.56 Å². The van der Waals surface area contributed by atoms with Gasteiger partial charge in [0.2, 0.25) is 5.75 Å². The van der Waals surface area contributed by atoms with Crippen LogP contribution in [-0.2, 0) is 0 Å². The lowest BCUT2D eigenvalue weighted by Gasteiger charge is -2.38. The van der Waals surface area contributed by atoms with Gasteiger partial charge in [0.05, 0.1) is 27.3 Å². The first-order valence-electron chi connectivity index (χ1n) is 10.1. The molecule has 1 aliphatic heterocycles. The molecule has 0 bridgehead atoms. The molecule has 168 valence electrons. The number of ether oxygens (including phenoxy) is 1. The fourth-order valence-corrected chi connectivity index (χ4v) is 3.63. The highest BCUT2D eigenvalue weighted by Gasteiger charge is 2.26. The fourth-order valence-electron chi connectivity index (χ4n) is 3.63. The minimum Gasteiger partial charge on any atom is -0.449 e. The van der Waals surface area contributed by atoms with E-state index in [-0.39, 0.29) is 17.1 Å². The second-order valence-corrected chi connectivity index (χ2v) is 7.09. The molecule has 33 heavy (non-hydrogen) atoms. The van der Waals surface area contributed by atoms with Crippen molar-refractivity contribution in [2.75, 3.05) is 36.0 Å². The molecular formula is C22H20N6O5. The molecule has 0 amide bonds. The molecule has 0 saturated heterocycles. The van der Waals surface area contributed by atoms with Crippen molar-refractivity contribution in [3.8, 4) is 23.6 Å². The van der Waals surface area contributed by atoms with Crippen LogP contribution >= 0.6 is 0 Å². The maximum absolute atomic E-state index is 11.5. The molecule has 11 heteroatoms. The number of benzene rings is 2. The number of anilines is 2. The highest BCUT2D eigenvalue weighted by molar-refractivity contribution is 5.81. The van der Waals surface area contributed by atoms with Crippen LogP contribution in [0.3, 0.4) is 0 Å². The summed E-state index contributed by atoms with van der Waals surface area (Å²) in [5, 5.41) is 41.0. The smallest absolute Gasteiger partial charge is 0.318 e. The fraction of sp³-hybridized carbons (Fsp3) is 0.273. The molecule has 2 aromatic rings. The quantitative estimate of drug-likeness (QED) is 0.341. The summed E-state index contributed by atoms with van der Waals surface area (Å²) in [5.74, 6) is -0.00743. The van der Waals surface area contributed by atoms with Crippen molar-refractivity contribution in [2.24, 2.45) is 0 Å². The summed E-state index contributed by atoms with van der Waals surface area (Å²) < 4.78 is 5.88. The summed E-state index contributed by atoms with van der Waals surface area (Å²) in [6.07, 6.45) is 1.35. The van der Waals surface area contributed by atoms with E-state index in [1.54, 1.807) is 24.3 Å². The van der Waals surface area contributed by atoms with E-state index >= 15 is 0 Å². The lowest BCUT2D eigenvalue weighted by Crippen LogP contribution is -2.41. The zero-order chi connectivity index (χ0) is 24.1. The molecule has 0 atom stereocenters. The third-order valence-electron chi connectivity index (χ3n) is 5.30. The van der Waals surface area contributed by atoms with Crippen LogP contribution in [0.2, 0.25) is 0 Å². The molecule has 2 aromatic carbocycles. The lowest BCUT2D eigenvalue weighted by atomic mass is 10.0. The molecule has 1 aliphatic rings. The van der Waals surface area contributed by atoms with Gasteiger partial charge in [-0.15, -0.1) is 0 Å². The number of nitriles is 2. The van der Waals surface area contributed by atoms with Gasteiger partial charge in [-0.1, -0.05) is 0 Å². The number of nitrogens with zero attached hydrogens (tertiary/aromatic N) is 6. The second-order valence-electron chi connectivity index (χ2n) is 7.09. The number of likely N-dealkylation sites (N-methyl/N-ethyl adjacent to an activating group) is 2. The predicted molar refractivity (Wildman–Crippen MR) is 121 cm³/mol. The van der Waals surface area contributed by atoms with E-state index in [1.165, 1.54) is 6.08 Å². The Labute approximate surface area is 189 Å². The number of nitro benzene ring substituents is 2. The van der Waals surface area contributed by atoms with Crippen molar-refractivity contribution in [2.45, 2.75) is 13.8 Å². The Hall–Kier alpha value is -4.64. The minimum atomic E-state index is -0.761. The van der Waals surface area contributed by atoms with Crippen LogP contribution in [0.15, 0.2) is 35.9 Å². The zero-order valence-corrected chi connectivity index (χ0v) is 18.0. The molecular weight excluding hydrogens is 428 g/mol. The summed E-state index contributed by atoms with van der Waals surface area (Å²) >= 11 is 0. The summed E-state index contributed by atoms with van der Waals surface area (Å²) in [6.45, 7) is 7.04. The van der Waals surface area contributed by atoms with Crippen molar-refractivity contribution in [3.05, 3.63) is 61.7 Å². The van der Waals surface area contributed by atoms with E-state index in [0.717, 1.165) is 55.8 Å². The van der Waals surface area contributed by atoms with Crippen LogP contribution in [0, 0.1) is 42.9 Å². The van der Waals surface area contributed by atoms with Gasteiger partial charge < -0.3 is 14.5 Å². The van der Waals surface area contributed by atoms with E-state index in [2.05, 4.69) is 9.80 Å². The molecule has 0 spiro atoms. The van der Waals surface area contributed by atoms with E-state index in [1.807, 2.05) is 13.8 Å². The van der Waals surface area contributed by atoms with Crippen LogP contribution in [0.25, 0.3) is 6.08 Å². The maximum atomic E-state index is 11.5. The molecule has 0 unspecified atom stereocenters. The first kappa shape index (κ1) is 23.0. The van der Waals surface area contributed by atoms with Gasteiger partial charge in [0.25, 0.3) is 5.69 Å². The summed E-state index contributed by atoms with van der Waals surface area (Å²) in [7, 11) is 0.